The fraction of sp³-hybridized carbons (Fsp3) is 0.235. The van der Waals surface area contributed by atoms with Crippen molar-refractivity contribution in [1.29, 1.82) is 0 Å². The Morgan fingerprint density at radius 1 is 0.833 bits per heavy atom. The molecule has 0 saturated heterocycles. The zero-order valence-corrected chi connectivity index (χ0v) is 22.3. The van der Waals surface area contributed by atoms with Crippen molar-refractivity contribution in [2.45, 2.75) is 46.4 Å². The molecule has 1 aliphatic rings. The van der Waals surface area contributed by atoms with Crippen LogP contribution in [0, 0.1) is 6.92 Å². The van der Waals surface area contributed by atoms with Gasteiger partial charge in [-0.25, -0.2) is 0 Å². The Labute approximate surface area is 219 Å². The van der Waals surface area contributed by atoms with E-state index in [1.54, 1.807) is 6.20 Å². The molecule has 2 radical (unpaired) electrons. The second-order valence-corrected chi connectivity index (χ2v) is 8.84. The molecule has 5 rings (SSSR count). The van der Waals surface area contributed by atoms with Crippen LogP contribution in [0.5, 0.6) is 0 Å². The molecule has 1 N–H and O–H groups in total. The standard InChI is InChI=1S/C29H25B.C3H7N.C2H6/c1-3-20-14-15-26-27-18-23(21-8-6-19(2)7-9-21)11-12-24(27)17-25-13-10-22(5-4-16-30)28(20)29(25)26;1-3-4-2;1-2/h3,6-15,18H,1,4-5,16-17H2,2H3;3-4H,1H2,2H3;1-2H3. The number of rotatable bonds is 6. The SMILES string of the molecule is C=CNC.CC.[B]CCCc1ccc2c3c(ccc(C=C)c13)-c1cc(-c3ccc(C)cc3)ccc1C2. The molecule has 0 aromatic heterocycles. The average molecular weight is 471 g/mol. The maximum atomic E-state index is 5.81. The predicted molar refractivity (Wildman–Crippen MR) is 162 cm³/mol. The van der Waals surface area contributed by atoms with Gasteiger partial charge in [-0.05, 0) is 87.3 Å². The van der Waals surface area contributed by atoms with E-state index in [0.29, 0.717) is 0 Å². The monoisotopic (exact) mass is 471 g/mol. The van der Waals surface area contributed by atoms with Gasteiger partial charge in [0.1, 0.15) is 0 Å². The van der Waals surface area contributed by atoms with E-state index in [1.807, 2.05) is 27.0 Å². The van der Waals surface area contributed by atoms with Crippen LogP contribution >= 0.6 is 0 Å². The maximum Gasteiger partial charge on any atom is 0.0653 e. The summed E-state index contributed by atoms with van der Waals surface area (Å²) in [6.07, 6.45) is 7.32. The van der Waals surface area contributed by atoms with E-state index >= 15 is 0 Å². The molecule has 182 valence electrons. The summed E-state index contributed by atoms with van der Waals surface area (Å²) < 4.78 is 0. The first-order valence-electron chi connectivity index (χ1n) is 13.0. The van der Waals surface area contributed by atoms with Crippen LogP contribution in [0.2, 0.25) is 6.32 Å². The molecule has 2 heteroatoms. The van der Waals surface area contributed by atoms with Gasteiger partial charge in [-0.15, -0.1) is 0 Å². The highest BCUT2D eigenvalue weighted by Gasteiger charge is 2.21. The maximum absolute atomic E-state index is 5.81. The van der Waals surface area contributed by atoms with E-state index in [1.165, 1.54) is 60.8 Å². The van der Waals surface area contributed by atoms with E-state index in [2.05, 4.69) is 92.1 Å². The number of aryl methyl sites for hydroxylation is 2. The van der Waals surface area contributed by atoms with Gasteiger partial charge in [0.05, 0.1) is 7.85 Å². The van der Waals surface area contributed by atoms with Gasteiger partial charge in [0, 0.05) is 7.05 Å². The van der Waals surface area contributed by atoms with Crippen molar-refractivity contribution in [2.75, 3.05) is 7.05 Å². The third-order valence-electron chi connectivity index (χ3n) is 6.61. The zero-order valence-electron chi connectivity index (χ0n) is 22.3. The summed E-state index contributed by atoms with van der Waals surface area (Å²) in [6, 6.07) is 24.9. The summed E-state index contributed by atoms with van der Waals surface area (Å²) in [5, 5.41) is 5.45. The molecule has 36 heavy (non-hydrogen) atoms. The van der Waals surface area contributed by atoms with Gasteiger partial charge >= 0.3 is 0 Å². The molecule has 0 saturated carbocycles. The lowest BCUT2D eigenvalue weighted by Crippen LogP contribution is -2.04. The topological polar surface area (TPSA) is 12.0 Å². The first kappa shape index (κ1) is 27.1. The Morgan fingerprint density at radius 3 is 2.14 bits per heavy atom. The summed E-state index contributed by atoms with van der Waals surface area (Å²) in [7, 11) is 7.62. The first-order valence-corrected chi connectivity index (χ1v) is 13.0. The molecule has 0 bridgehead atoms. The second kappa shape index (κ2) is 13.0. The molecule has 1 nitrogen and oxygen atoms in total. The highest BCUT2D eigenvalue weighted by Crippen LogP contribution is 2.43. The van der Waals surface area contributed by atoms with Crippen LogP contribution in [0.1, 0.15) is 48.1 Å². The van der Waals surface area contributed by atoms with E-state index in [-0.39, 0.29) is 0 Å². The number of hydrogen-bond acceptors (Lipinski definition) is 1. The largest absolute Gasteiger partial charge is 0.394 e. The Balaban J connectivity index is 0.000000550. The molecule has 4 aromatic carbocycles. The molecule has 0 aliphatic heterocycles. The second-order valence-electron chi connectivity index (χ2n) is 8.84. The zero-order chi connectivity index (χ0) is 26.1. The van der Waals surface area contributed by atoms with Gasteiger partial charge in [0.25, 0.3) is 0 Å². The highest BCUT2D eigenvalue weighted by atomic mass is 14.8. The van der Waals surface area contributed by atoms with Crippen molar-refractivity contribution >= 4 is 24.7 Å². The molecule has 0 fully saturated rings. The summed E-state index contributed by atoms with van der Waals surface area (Å²) >= 11 is 0. The minimum atomic E-state index is 0.717. The Hall–Kier alpha value is -3.52. The van der Waals surface area contributed by atoms with E-state index in [0.717, 1.165) is 25.6 Å². The van der Waals surface area contributed by atoms with Crippen molar-refractivity contribution in [2.24, 2.45) is 0 Å². The lowest BCUT2D eigenvalue weighted by atomic mass is 9.79. The normalized spacial score (nSPS) is 10.8. The lowest BCUT2D eigenvalue weighted by molar-refractivity contribution is 0.926. The smallest absolute Gasteiger partial charge is 0.0653 e. The molecular formula is C34H38BN. The van der Waals surface area contributed by atoms with Crippen LogP contribution in [0.25, 0.3) is 39.1 Å². The summed E-state index contributed by atoms with van der Waals surface area (Å²) in [6.45, 7) is 13.6. The van der Waals surface area contributed by atoms with Crippen molar-refractivity contribution in [3.63, 3.8) is 0 Å². The molecule has 1 aliphatic carbocycles. The van der Waals surface area contributed by atoms with Crippen LogP contribution in [0.3, 0.4) is 0 Å². The number of hydrogen-bond donors (Lipinski definition) is 1. The molecule has 0 amide bonds. The third kappa shape index (κ3) is 5.65. The van der Waals surface area contributed by atoms with Crippen LogP contribution < -0.4 is 5.32 Å². The third-order valence-corrected chi connectivity index (χ3v) is 6.61. The Morgan fingerprint density at radius 2 is 1.50 bits per heavy atom. The predicted octanol–water partition coefficient (Wildman–Crippen LogP) is 8.92. The van der Waals surface area contributed by atoms with Crippen molar-refractivity contribution in [3.05, 3.63) is 114 Å². The number of nitrogens with one attached hydrogen (secondary N) is 1. The molecule has 4 aromatic rings. The van der Waals surface area contributed by atoms with Crippen molar-refractivity contribution < 1.29 is 0 Å². The highest BCUT2D eigenvalue weighted by molar-refractivity contribution is 6.09. The number of benzene rings is 4. The van der Waals surface area contributed by atoms with Gasteiger partial charge in [-0.2, -0.15) is 0 Å². The fourth-order valence-electron chi connectivity index (χ4n) is 4.82. The van der Waals surface area contributed by atoms with Crippen molar-refractivity contribution in [3.8, 4) is 22.3 Å². The fourth-order valence-corrected chi connectivity index (χ4v) is 4.82. The Bertz CT molecular complexity index is 1330. The molecular weight excluding hydrogens is 433 g/mol. The van der Waals surface area contributed by atoms with Crippen LogP contribution in [0.15, 0.2) is 86.1 Å². The molecule has 0 spiro atoms. The quantitative estimate of drug-likeness (QED) is 0.244. The summed E-state index contributed by atoms with van der Waals surface area (Å²) in [5.74, 6) is 0. The summed E-state index contributed by atoms with van der Waals surface area (Å²) in [4.78, 5) is 0. The first-order chi connectivity index (χ1) is 17.6. The van der Waals surface area contributed by atoms with Gasteiger partial charge in [0.2, 0.25) is 0 Å². The Kier molecular flexibility index (Phi) is 9.76. The van der Waals surface area contributed by atoms with Gasteiger partial charge in [-0.3, -0.25) is 0 Å². The molecule has 0 unspecified atom stereocenters. The summed E-state index contributed by atoms with van der Waals surface area (Å²) in [5.41, 5.74) is 12.0. The van der Waals surface area contributed by atoms with Crippen molar-refractivity contribution in [1.82, 2.24) is 5.32 Å². The number of fused-ring (bicyclic) bond motifs is 2. The van der Waals surface area contributed by atoms with Gasteiger partial charge in [-0.1, -0.05) is 112 Å². The van der Waals surface area contributed by atoms with E-state index in [9.17, 15) is 0 Å². The van der Waals surface area contributed by atoms with Crippen LogP contribution in [-0.4, -0.2) is 14.9 Å². The van der Waals surface area contributed by atoms with Crippen LogP contribution in [0.4, 0.5) is 0 Å². The lowest BCUT2D eigenvalue weighted by Gasteiger charge is -2.24. The van der Waals surface area contributed by atoms with Gasteiger partial charge in [0.15, 0.2) is 0 Å². The van der Waals surface area contributed by atoms with Crippen LogP contribution in [-0.2, 0) is 12.8 Å². The van der Waals surface area contributed by atoms with E-state index in [4.69, 9.17) is 7.85 Å². The minimum Gasteiger partial charge on any atom is -0.394 e. The average Bonchev–Trinajstić information content (AvgIpc) is 2.94. The molecule has 0 atom stereocenters. The molecule has 0 heterocycles. The minimum absolute atomic E-state index is 0.717. The van der Waals surface area contributed by atoms with E-state index < -0.39 is 0 Å². The van der Waals surface area contributed by atoms with Gasteiger partial charge < -0.3 is 5.32 Å².